The molecule has 0 aliphatic rings. The predicted octanol–water partition coefficient (Wildman–Crippen LogP) is 2.64. The quantitative estimate of drug-likeness (QED) is 0.762. The minimum absolute atomic E-state index is 0.124. The number of carboxylic acid groups (broad SMARTS) is 1. The molecule has 100 valence electrons. The van der Waals surface area contributed by atoms with E-state index in [4.69, 9.17) is 10.5 Å². The normalized spacial score (nSPS) is 14.4. The zero-order valence-electron chi connectivity index (χ0n) is 11.1. The molecule has 4 nitrogen and oxygen atoms in total. The molecule has 0 fully saturated rings. The third-order valence-electron chi connectivity index (χ3n) is 2.81. The number of carbonyl (C=O) groups is 1. The van der Waals surface area contributed by atoms with Gasteiger partial charge in [0.25, 0.3) is 0 Å². The molecule has 0 aromatic heterocycles. The Balaban J connectivity index is 3.01. The minimum atomic E-state index is -0.932. The fourth-order valence-electron chi connectivity index (χ4n) is 2.03. The predicted molar refractivity (Wildman–Crippen MR) is 71.5 cm³/mol. The topological polar surface area (TPSA) is 72.5 Å². The molecule has 1 rings (SSSR count). The van der Waals surface area contributed by atoms with Gasteiger partial charge in [-0.1, -0.05) is 19.1 Å². The van der Waals surface area contributed by atoms with Crippen LogP contribution in [0.5, 0.6) is 0 Å². The average Bonchev–Trinajstić information content (AvgIpc) is 2.28. The molecule has 2 atom stereocenters. The highest BCUT2D eigenvalue weighted by Gasteiger charge is 2.30. The summed E-state index contributed by atoms with van der Waals surface area (Å²) in [5, 5.41) is 9.30. The molecule has 0 heterocycles. The summed E-state index contributed by atoms with van der Waals surface area (Å²) in [5.74, 6) is -1.12. The van der Waals surface area contributed by atoms with Crippen LogP contribution < -0.4 is 5.73 Å². The number of ether oxygens (including phenoxy) is 1. The van der Waals surface area contributed by atoms with Crippen LogP contribution in [0.3, 0.4) is 0 Å². The van der Waals surface area contributed by atoms with E-state index in [1.165, 1.54) is 0 Å². The number of hydrogen-bond acceptors (Lipinski definition) is 3. The summed E-state index contributed by atoms with van der Waals surface area (Å²) in [4.78, 5) is 11.3. The van der Waals surface area contributed by atoms with Crippen LogP contribution in [0.4, 0.5) is 5.69 Å². The highest BCUT2D eigenvalue weighted by molar-refractivity contribution is 5.74. The molecule has 0 amide bonds. The first-order chi connectivity index (χ1) is 8.45. The lowest BCUT2D eigenvalue weighted by Gasteiger charge is -2.25. The van der Waals surface area contributed by atoms with Gasteiger partial charge in [-0.05, 0) is 38.0 Å². The zero-order chi connectivity index (χ0) is 13.7. The number of hydrogen-bond donors (Lipinski definition) is 2. The van der Waals surface area contributed by atoms with Crippen LogP contribution in [-0.4, -0.2) is 23.3 Å². The third kappa shape index (κ3) is 3.74. The molecule has 1 aromatic carbocycles. The summed E-state index contributed by atoms with van der Waals surface area (Å²) in [6.45, 7) is 5.62. The lowest BCUT2D eigenvalue weighted by Crippen LogP contribution is -2.33. The molecule has 0 bridgehead atoms. The van der Waals surface area contributed by atoms with Gasteiger partial charge in [0.15, 0.2) is 6.10 Å². The lowest BCUT2D eigenvalue weighted by atomic mass is 9.90. The highest BCUT2D eigenvalue weighted by atomic mass is 16.5. The van der Waals surface area contributed by atoms with Crippen LogP contribution in [-0.2, 0) is 9.53 Å². The van der Waals surface area contributed by atoms with Crippen molar-refractivity contribution in [3.63, 3.8) is 0 Å². The summed E-state index contributed by atoms with van der Waals surface area (Å²) in [7, 11) is 0. The molecule has 18 heavy (non-hydrogen) atoms. The smallest absolute Gasteiger partial charge is 0.333 e. The van der Waals surface area contributed by atoms with E-state index in [9.17, 15) is 9.90 Å². The van der Waals surface area contributed by atoms with Crippen LogP contribution in [0.15, 0.2) is 24.3 Å². The van der Waals surface area contributed by atoms with Gasteiger partial charge >= 0.3 is 5.97 Å². The fourth-order valence-corrected chi connectivity index (χ4v) is 2.03. The minimum Gasteiger partial charge on any atom is -0.479 e. The Morgan fingerprint density at radius 1 is 1.44 bits per heavy atom. The Hall–Kier alpha value is -1.55. The molecule has 1 aromatic rings. The number of anilines is 1. The molecule has 0 aliphatic carbocycles. The Labute approximate surface area is 108 Å². The van der Waals surface area contributed by atoms with Gasteiger partial charge in [0, 0.05) is 11.6 Å². The van der Waals surface area contributed by atoms with Gasteiger partial charge in [0.2, 0.25) is 0 Å². The van der Waals surface area contributed by atoms with E-state index in [1.807, 2.05) is 39.0 Å². The van der Waals surface area contributed by atoms with Crippen molar-refractivity contribution in [2.24, 2.45) is 0 Å². The van der Waals surface area contributed by atoms with Crippen molar-refractivity contribution in [2.75, 3.05) is 5.73 Å². The first-order valence-electron chi connectivity index (χ1n) is 6.19. The van der Waals surface area contributed by atoms with Gasteiger partial charge in [-0.15, -0.1) is 0 Å². The molecule has 2 unspecified atom stereocenters. The molecule has 0 saturated heterocycles. The van der Waals surface area contributed by atoms with E-state index < -0.39 is 12.1 Å². The van der Waals surface area contributed by atoms with Gasteiger partial charge in [-0.2, -0.15) is 0 Å². The second-order valence-electron chi connectivity index (χ2n) is 4.63. The second-order valence-corrected chi connectivity index (χ2v) is 4.63. The Kier molecular flexibility index (Phi) is 5.16. The maximum atomic E-state index is 11.3. The molecule has 0 aliphatic heterocycles. The van der Waals surface area contributed by atoms with Crippen molar-refractivity contribution >= 4 is 11.7 Å². The molecule has 0 radical (unpaired) electrons. The first-order valence-corrected chi connectivity index (χ1v) is 6.19. The number of rotatable bonds is 6. The standard InChI is InChI=1S/C14H21NO3/c1-4-12(10-6-5-7-11(15)8-10)13(14(16)17)18-9(2)3/h5-9,12-13H,4,15H2,1-3H3,(H,16,17). The molecule has 0 saturated carbocycles. The van der Waals surface area contributed by atoms with Crippen molar-refractivity contribution in [3.8, 4) is 0 Å². The van der Waals surface area contributed by atoms with Crippen LogP contribution in [0.25, 0.3) is 0 Å². The SMILES string of the molecule is CCC(c1cccc(N)c1)C(OC(C)C)C(=O)O. The zero-order valence-corrected chi connectivity index (χ0v) is 11.1. The second kappa shape index (κ2) is 6.40. The largest absolute Gasteiger partial charge is 0.479 e. The maximum Gasteiger partial charge on any atom is 0.333 e. The van der Waals surface area contributed by atoms with E-state index in [0.29, 0.717) is 12.1 Å². The number of aliphatic carboxylic acids is 1. The number of carboxylic acids is 1. The van der Waals surface area contributed by atoms with Crippen molar-refractivity contribution in [3.05, 3.63) is 29.8 Å². The van der Waals surface area contributed by atoms with Gasteiger partial charge in [-0.3, -0.25) is 0 Å². The van der Waals surface area contributed by atoms with Crippen molar-refractivity contribution in [1.29, 1.82) is 0 Å². The van der Waals surface area contributed by atoms with Gasteiger partial charge in [-0.25, -0.2) is 4.79 Å². The summed E-state index contributed by atoms with van der Waals surface area (Å²) < 4.78 is 5.52. The third-order valence-corrected chi connectivity index (χ3v) is 2.81. The Bertz CT molecular complexity index is 404. The van der Waals surface area contributed by atoms with E-state index in [0.717, 1.165) is 5.56 Å². The van der Waals surface area contributed by atoms with E-state index in [1.54, 1.807) is 6.07 Å². The Morgan fingerprint density at radius 2 is 2.11 bits per heavy atom. The van der Waals surface area contributed by atoms with Gasteiger partial charge in [0.05, 0.1) is 6.10 Å². The van der Waals surface area contributed by atoms with Crippen LogP contribution in [0, 0.1) is 0 Å². The summed E-state index contributed by atoms with van der Waals surface area (Å²) in [6.07, 6.45) is -0.273. The van der Waals surface area contributed by atoms with Crippen LogP contribution in [0.2, 0.25) is 0 Å². The summed E-state index contributed by atoms with van der Waals surface area (Å²) in [6, 6.07) is 7.33. The van der Waals surface area contributed by atoms with Crippen molar-refractivity contribution in [2.45, 2.75) is 45.3 Å². The summed E-state index contributed by atoms with van der Waals surface area (Å²) >= 11 is 0. The monoisotopic (exact) mass is 251 g/mol. The molecular formula is C14H21NO3. The van der Waals surface area contributed by atoms with E-state index >= 15 is 0 Å². The van der Waals surface area contributed by atoms with Gasteiger partial charge < -0.3 is 15.6 Å². The van der Waals surface area contributed by atoms with Crippen LogP contribution in [0.1, 0.15) is 38.7 Å². The van der Waals surface area contributed by atoms with E-state index in [-0.39, 0.29) is 12.0 Å². The molecule has 4 heteroatoms. The first kappa shape index (κ1) is 14.5. The molecule has 0 spiro atoms. The molecule has 3 N–H and O–H groups in total. The maximum absolute atomic E-state index is 11.3. The van der Waals surface area contributed by atoms with Crippen molar-refractivity contribution < 1.29 is 14.6 Å². The number of nitrogen functional groups attached to an aromatic ring is 1. The highest BCUT2D eigenvalue weighted by Crippen LogP contribution is 2.27. The van der Waals surface area contributed by atoms with Crippen molar-refractivity contribution in [1.82, 2.24) is 0 Å². The van der Waals surface area contributed by atoms with Crippen LogP contribution >= 0.6 is 0 Å². The Morgan fingerprint density at radius 3 is 2.56 bits per heavy atom. The number of benzene rings is 1. The van der Waals surface area contributed by atoms with E-state index in [2.05, 4.69) is 0 Å². The summed E-state index contributed by atoms with van der Waals surface area (Å²) in [5.41, 5.74) is 7.29. The fraction of sp³-hybridized carbons (Fsp3) is 0.500. The average molecular weight is 251 g/mol. The number of nitrogens with two attached hydrogens (primary N) is 1. The molecular weight excluding hydrogens is 230 g/mol. The van der Waals surface area contributed by atoms with Gasteiger partial charge in [0.1, 0.15) is 0 Å². The lowest BCUT2D eigenvalue weighted by molar-refractivity contribution is -0.155.